The van der Waals surface area contributed by atoms with Crippen molar-refractivity contribution in [2.45, 2.75) is 52.2 Å². The molecule has 3 unspecified atom stereocenters. The van der Waals surface area contributed by atoms with Crippen molar-refractivity contribution >= 4 is 27.8 Å². The highest BCUT2D eigenvalue weighted by Crippen LogP contribution is 2.18. The van der Waals surface area contributed by atoms with Gasteiger partial charge in [0.15, 0.2) is 0 Å². The minimum atomic E-state index is -3.99. The summed E-state index contributed by atoms with van der Waals surface area (Å²) in [5, 5.41) is 16.0. The Kier molecular flexibility index (Phi) is 12.6. The molecule has 172 valence electrons. The number of aliphatic hydroxyl groups excluding tert-OH is 1. The van der Waals surface area contributed by atoms with E-state index in [1.54, 1.807) is 6.92 Å². The third-order valence-electron chi connectivity index (χ3n) is 4.87. The van der Waals surface area contributed by atoms with Crippen molar-refractivity contribution in [1.82, 2.24) is 10.6 Å². The molecule has 1 rings (SSSR count). The molecule has 0 bridgehead atoms. The number of hydrogen-bond donors (Lipinski definition) is 4. The molecule has 0 heterocycles. The summed E-state index contributed by atoms with van der Waals surface area (Å²) in [5.41, 5.74) is 2.52. The molecule has 0 aromatic heterocycles. The summed E-state index contributed by atoms with van der Waals surface area (Å²) < 4.78 is 29.9. The molecule has 0 saturated heterocycles. The molecular weight excluding hydrogens is 424 g/mol. The number of nitrogens with one attached hydrogen (secondary N) is 2. The minimum Gasteiger partial charge on any atom is -0.391 e. The van der Waals surface area contributed by atoms with Gasteiger partial charge in [0.25, 0.3) is 10.1 Å². The fourth-order valence-electron chi connectivity index (χ4n) is 2.74. The molecule has 0 fully saturated rings. The van der Waals surface area contributed by atoms with E-state index in [1.807, 2.05) is 0 Å². The highest BCUT2D eigenvalue weighted by molar-refractivity contribution is 7.99. The molecule has 4 N–H and O–H groups in total. The first-order chi connectivity index (χ1) is 14.1. The first kappa shape index (κ1) is 26.9. The molecule has 0 aliphatic rings. The van der Waals surface area contributed by atoms with Crippen LogP contribution in [0.1, 0.15) is 50.7 Å². The summed E-state index contributed by atoms with van der Waals surface area (Å²) >= 11 is 1.51. The zero-order valence-corrected chi connectivity index (χ0v) is 19.8. The first-order valence-corrected chi connectivity index (χ1v) is 13.2. The van der Waals surface area contributed by atoms with Crippen LogP contribution in [0.3, 0.4) is 0 Å². The van der Waals surface area contributed by atoms with E-state index in [0.29, 0.717) is 30.5 Å². The van der Waals surface area contributed by atoms with Crippen LogP contribution in [-0.2, 0) is 21.5 Å². The average molecular weight is 461 g/mol. The van der Waals surface area contributed by atoms with Gasteiger partial charge >= 0.3 is 0 Å². The second kappa shape index (κ2) is 14.0. The van der Waals surface area contributed by atoms with Crippen molar-refractivity contribution in [3.8, 4) is 0 Å². The number of rotatable bonds is 15. The van der Waals surface area contributed by atoms with Crippen LogP contribution in [0.5, 0.6) is 0 Å². The van der Waals surface area contributed by atoms with E-state index in [9.17, 15) is 18.3 Å². The number of carbonyl (C=O) groups is 1. The first-order valence-electron chi connectivity index (χ1n) is 10.4. The number of carbonyl (C=O) groups excluding carboxylic acids is 1. The van der Waals surface area contributed by atoms with Crippen LogP contribution in [-0.4, -0.2) is 60.4 Å². The van der Waals surface area contributed by atoms with E-state index < -0.39 is 16.2 Å². The van der Waals surface area contributed by atoms with Gasteiger partial charge in [-0.25, -0.2) is 0 Å². The Balaban J connectivity index is 2.16. The molecule has 1 amide bonds. The van der Waals surface area contributed by atoms with E-state index >= 15 is 0 Å². The Labute approximate surface area is 185 Å². The third kappa shape index (κ3) is 11.9. The van der Waals surface area contributed by atoms with Crippen LogP contribution in [0, 0.1) is 5.92 Å². The highest BCUT2D eigenvalue weighted by atomic mass is 32.2. The van der Waals surface area contributed by atoms with Crippen molar-refractivity contribution in [1.29, 1.82) is 0 Å². The Hall–Kier alpha value is -1.13. The van der Waals surface area contributed by atoms with E-state index in [0.717, 1.165) is 6.42 Å². The van der Waals surface area contributed by atoms with E-state index in [-0.39, 0.29) is 30.5 Å². The molecule has 0 aliphatic carbocycles. The Morgan fingerprint density at radius 1 is 1.17 bits per heavy atom. The highest BCUT2D eigenvalue weighted by Gasteiger charge is 2.14. The molecule has 9 heteroatoms. The van der Waals surface area contributed by atoms with E-state index in [4.69, 9.17) is 4.55 Å². The maximum Gasteiger partial charge on any atom is 0.264 e. The molecule has 1 aromatic carbocycles. The fraction of sp³-hybridized carbons (Fsp3) is 0.667. The van der Waals surface area contributed by atoms with Crippen molar-refractivity contribution < 1.29 is 22.9 Å². The maximum absolute atomic E-state index is 11.9. The van der Waals surface area contributed by atoms with Gasteiger partial charge < -0.3 is 15.7 Å². The molecular formula is C21H36N2O5S2. The number of aliphatic hydroxyl groups is 1. The van der Waals surface area contributed by atoms with Crippen molar-refractivity contribution in [3.63, 3.8) is 0 Å². The lowest BCUT2D eigenvalue weighted by molar-refractivity contribution is -0.123. The zero-order valence-electron chi connectivity index (χ0n) is 18.1. The Bertz CT molecular complexity index is 725. The van der Waals surface area contributed by atoms with Crippen LogP contribution >= 0.6 is 11.8 Å². The number of amides is 1. The standard InChI is InChI=1S/C21H36N2O5S2/c1-4-16(2)19-8-6-18(7-9-19)12-22-13-20(24)15-29-14-17(3)21(25)23-10-5-11-30(26,27)28/h6-9,16-17,20,22,24H,4-5,10-15H2,1-3H3,(H,23,25)(H,26,27,28). The van der Waals surface area contributed by atoms with Gasteiger partial charge in [-0.05, 0) is 29.9 Å². The summed E-state index contributed by atoms with van der Waals surface area (Å²) in [6, 6.07) is 8.55. The van der Waals surface area contributed by atoms with Gasteiger partial charge in [-0.1, -0.05) is 45.0 Å². The smallest absolute Gasteiger partial charge is 0.264 e. The lowest BCUT2D eigenvalue weighted by atomic mass is 9.98. The monoisotopic (exact) mass is 460 g/mol. The molecule has 0 spiro atoms. The van der Waals surface area contributed by atoms with Gasteiger partial charge in [0.2, 0.25) is 5.91 Å². The van der Waals surface area contributed by atoms with Crippen molar-refractivity contribution in [2.75, 3.05) is 30.3 Å². The SMILES string of the molecule is CCC(C)c1ccc(CNCC(O)CSCC(C)C(=O)NCCCS(=O)(=O)O)cc1. The van der Waals surface area contributed by atoms with Crippen LogP contribution in [0.15, 0.2) is 24.3 Å². The lowest BCUT2D eigenvalue weighted by Gasteiger charge is -2.15. The fourth-order valence-corrected chi connectivity index (χ4v) is 4.28. The molecule has 0 saturated carbocycles. The van der Waals surface area contributed by atoms with Gasteiger partial charge in [-0.3, -0.25) is 9.35 Å². The summed E-state index contributed by atoms with van der Waals surface area (Å²) in [6.45, 7) is 7.58. The van der Waals surface area contributed by atoms with E-state index in [2.05, 4.69) is 48.7 Å². The second-order valence-electron chi connectivity index (χ2n) is 7.70. The average Bonchev–Trinajstić information content (AvgIpc) is 2.70. The maximum atomic E-state index is 11.9. The third-order valence-corrected chi connectivity index (χ3v) is 7.03. The van der Waals surface area contributed by atoms with Gasteiger partial charge in [-0.2, -0.15) is 20.2 Å². The topological polar surface area (TPSA) is 116 Å². The van der Waals surface area contributed by atoms with Crippen molar-refractivity contribution in [2.24, 2.45) is 5.92 Å². The van der Waals surface area contributed by atoms with Crippen molar-refractivity contribution in [3.05, 3.63) is 35.4 Å². The summed E-state index contributed by atoms with van der Waals surface area (Å²) in [7, 11) is -3.99. The molecule has 1 aromatic rings. The van der Waals surface area contributed by atoms with Gasteiger partial charge in [0.1, 0.15) is 0 Å². The quantitative estimate of drug-likeness (QED) is 0.235. The van der Waals surface area contributed by atoms with Crippen LogP contribution < -0.4 is 10.6 Å². The number of thioether (sulfide) groups is 1. The van der Waals surface area contributed by atoms with Gasteiger partial charge in [-0.15, -0.1) is 0 Å². The molecule has 0 radical (unpaired) electrons. The van der Waals surface area contributed by atoms with Gasteiger partial charge in [0, 0.05) is 37.1 Å². The van der Waals surface area contributed by atoms with Gasteiger partial charge in [0.05, 0.1) is 11.9 Å². The second-order valence-corrected chi connectivity index (χ2v) is 10.4. The normalized spacial score (nSPS) is 14.8. The molecule has 30 heavy (non-hydrogen) atoms. The van der Waals surface area contributed by atoms with Crippen LogP contribution in [0.25, 0.3) is 0 Å². The summed E-state index contributed by atoms with van der Waals surface area (Å²) in [5.74, 6) is 0.888. The predicted molar refractivity (Wildman–Crippen MR) is 123 cm³/mol. The number of hydrogen-bond acceptors (Lipinski definition) is 6. The Morgan fingerprint density at radius 2 is 1.83 bits per heavy atom. The lowest BCUT2D eigenvalue weighted by Crippen LogP contribution is -2.32. The van der Waals surface area contributed by atoms with Crippen LogP contribution in [0.4, 0.5) is 0 Å². The van der Waals surface area contributed by atoms with E-state index in [1.165, 1.54) is 22.9 Å². The predicted octanol–water partition coefficient (Wildman–Crippen LogP) is 2.41. The molecule has 3 atom stereocenters. The largest absolute Gasteiger partial charge is 0.391 e. The number of benzene rings is 1. The zero-order chi connectivity index (χ0) is 22.6. The minimum absolute atomic E-state index is 0.161. The molecule has 7 nitrogen and oxygen atoms in total. The summed E-state index contributed by atoms with van der Waals surface area (Å²) in [6.07, 6.45) is 0.796. The van der Waals surface area contributed by atoms with Crippen LogP contribution in [0.2, 0.25) is 0 Å². The summed E-state index contributed by atoms with van der Waals surface area (Å²) in [4.78, 5) is 11.9. The molecule has 0 aliphatic heterocycles. The Morgan fingerprint density at radius 3 is 2.43 bits per heavy atom.